The molecule has 0 saturated carbocycles. The van der Waals surface area contributed by atoms with E-state index in [1.807, 2.05) is 6.07 Å². The van der Waals surface area contributed by atoms with Gasteiger partial charge < -0.3 is 9.52 Å². The van der Waals surface area contributed by atoms with Crippen LogP contribution in [0.2, 0.25) is 0 Å². The molecule has 0 aliphatic carbocycles. The summed E-state index contributed by atoms with van der Waals surface area (Å²) in [6.07, 6.45) is 0. The molecule has 3 aromatic rings. The number of aliphatic hydroxyl groups is 1. The van der Waals surface area contributed by atoms with Crippen molar-refractivity contribution in [2.75, 3.05) is 0 Å². The number of hydrogen-bond acceptors (Lipinski definition) is 4. The zero-order valence-electron chi connectivity index (χ0n) is 11.1. The molecule has 5 nitrogen and oxygen atoms in total. The van der Waals surface area contributed by atoms with E-state index in [-0.39, 0.29) is 13.2 Å². The average Bonchev–Trinajstić information content (AvgIpc) is 2.83. The number of rotatable bonds is 3. The molecule has 0 saturated heterocycles. The van der Waals surface area contributed by atoms with Gasteiger partial charge in [0.05, 0.1) is 30.3 Å². The van der Waals surface area contributed by atoms with E-state index in [2.05, 4.69) is 6.07 Å². The Morgan fingerprint density at radius 2 is 2.05 bits per heavy atom. The van der Waals surface area contributed by atoms with Gasteiger partial charge in [0.1, 0.15) is 0 Å². The first-order valence-electron chi connectivity index (χ1n) is 6.44. The lowest BCUT2D eigenvalue weighted by molar-refractivity contribution is 0.282. The normalized spacial score (nSPS) is 10.7. The Morgan fingerprint density at radius 1 is 1.24 bits per heavy atom. The van der Waals surface area contributed by atoms with Crippen LogP contribution in [0, 0.1) is 11.3 Å². The minimum absolute atomic E-state index is 0.107. The average molecular weight is 280 g/mol. The molecular formula is C16H12N2O3. The molecule has 0 amide bonds. The van der Waals surface area contributed by atoms with E-state index < -0.39 is 5.76 Å². The Balaban J connectivity index is 2.14. The molecule has 21 heavy (non-hydrogen) atoms. The van der Waals surface area contributed by atoms with E-state index in [4.69, 9.17) is 9.68 Å². The van der Waals surface area contributed by atoms with Crippen molar-refractivity contribution >= 4 is 11.1 Å². The fraction of sp³-hybridized carbons (Fsp3) is 0.125. The Bertz CT molecular complexity index is 900. The van der Waals surface area contributed by atoms with Gasteiger partial charge in [-0.25, -0.2) is 4.79 Å². The second-order valence-electron chi connectivity index (χ2n) is 4.68. The lowest BCUT2D eigenvalue weighted by Gasteiger charge is -2.05. The summed E-state index contributed by atoms with van der Waals surface area (Å²) in [5.74, 6) is -0.479. The second kappa shape index (κ2) is 5.27. The van der Waals surface area contributed by atoms with Crippen LogP contribution in [0.15, 0.2) is 51.7 Å². The van der Waals surface area contributed by atoms with E-state index in [9.17, 15) is 9.90 Å². The molecule has 1 aromatic heterocycles. The van der Waals surface area contributed by atoms with Gasteiger partial charge in [-0.05, 0) is 29.3 Å². The third kappa shape index (κ3) is 2.33. The van der Waals surface area contributed by atoms with Crippen LogP contribution in [0.5, 0.6) is 0 Å². The van der Waals surface area contributed by atoms with E-state index in [1.54, 1.807) is 36.4 Å². The van der Waals surface area contributed by atoms with Gasteiger partial charge in [-0.1, -0.05) is 24.3 Å². The van der Waals surface area contributed by atoms with Crippen molar-refractivity contribution in [2.45, 2.75) is 13.2 Å². The number of oxazole rings is 1. The summed E-state index contributed by atoms with van der Waals surface area (Å²) in [6.45, 7) is 0.147. The zero-order chi connectivity index (χ0) is 14.8. The molecule has 104 valence electrons. The molecule has 0 bridgehead atoms. The summed E-state index contributed by atoms with van der Waals surface area (Å²) in [6, 6.07) is 14.3. The first-order valence-corrected chi connectivity index (χ1v) is 6.44. The minimum atomic E-state index is -0.479. The van der Waals surface area contributed by atoms with Crippen LogP contribution in [0.3, 0.4) is 0 Å². The van der Waals surface area contributed by atoms with Crippen molar-refractivity contribution < 1.29 is 9.52 Å². The lowest BCUT2D eigenvalue weighted by atomic mass is 10.1. The molecule has 0 aliphatic rings. The monoisotopic (exact) mass is 280 g/mol. The Kier molecular flexibility index (Phi) is 3.30. The van der Waals surface area contributed by atoms with Crippen LogP contribution in [0.4, 0.5) is 0 Å². The number of aromatic nitrogens is 1. The van der Waals surface area contributed by atoms with Crippen molar-refractivity contribution in [3.05, 3.63) is 69.7 Å². The van der Waals surface area contributed by atoms with Gasteiger partial charge >= 0.3 is 5.76 Å². The van der Waals surface area contributed by atoms with Crippen molar-refractivity contribution in [2.24, 2.45) is 0 Å². The molecule has 5 heteroatoms. The molecule has 3 rings (SSSR count). The second-order valence-corrected chi connectivity index (χ2v) is 4.68. The number of nitrogens with zero attached hydrogens (tertiary/aromatic N) is 2. The highest BCUT2D eigenvalue weighted by atomic mass is 16.4. The molecule has 0 unspecified atom stereocenters. The quantitative estimate of drug-likeness (QED) is 0.796. The van der Waals surface area contributed by atoms with E-state index >= 15 is 0 Å². The first kappa shape index (κ1) is 13.2. The van der Waals surface area contributed by atoms with E-state index in [1.165, 1.54) is 4.57 Å². The standard InChI is InChI=1S/C16H12N2O3/c17-8-12-3-1-2-4-13(12)9-18-14-7-11(10-19)5-6-15(14)21-16(18)20/h1-7,19H,9-10H2. The van der Waals surface area contributed by atoms with Crippen LogP contribution < -0.4 is 5.76 Å². The predicted octanol–water partition coefficient (Wildman–Crippen LogP) is 2.01. The highest BCUT2D eigenvalue weighted by Crippen LogP contribution is 2.17. The number of aliphatic hydroxyl groups excluding tert-OH is 1. The molecular weight excluding hydrogens is 268 g/mol. The van der Waals surface area contributed by atoms with Crippen LogP contribution in [0.1, 0.15) is 16.7 Å². The summed E-state index contributed by atoms with van der Waals surface area (Å²) in [7, 11) is 0. The van der Waals surface area contributed by atoms with Crippen LogP contribution in [-0.2, 0) is 13.2 Å². The zero-order valence-corrected chi connectivity index (χ0v) is 11.1. The smallest absolute Gasteiger partial charge is 0.408 e. The molecule has 0 aliphatic heterocycles. The summed E-state index contributed by atoms with van der Waals surface area (Å²) in [4.78, 5) is 12.0. The number of hydrogen-bond donors (Lipinski definition) is 1. The fourth-order valence-corrected chi connectivity index (χ4v) is 2.29. The lowest BCUT2D eigenvalue weighted by Crippen LogP contribution is -2.15. The summed E-state index contributed by atoms with van der Waals surface area (Å²) in [5, 5.41) is 18.3. The largest absolute Gasteiger partial charge is 0.420 e. The van der Waals surface area contributed by atoms with Gasteiger partial charge in [-0.2, -0.15) is 5.26 Å². The van der Waals surface area contributed by atoms with Gasteiger partial charge in [-0.3, -0.25) is 4.57 Å². The maximum absolute atomic E-state index is 12.0. The van der Waals surface area contributed by atoms with Gasteiger partial charge in [0, 0.05) is 0 Å². The van der Waals surface area contributed by atoms with Crippen LogP contribution in [0.25, 0.3) is 11.1 Å². The Hall–Kier alpha value is -2.84. The third-order valence-corrected chi connectivity index (χ3v) is 3.38. The van der Waals surface area contributed by atoms with Crippen LogP contribution >= 0.6 is 0 Å². The van der Waals surface area contributed by atoms with Crippen molar-refractivity contribution in [3.63, 3.8) is 0 Å². The Labute approximate surface area is 120 Å². The molecule has 1 heterocycles. The molecule has 1 N–H and O–H groups in total. The highest BCUT2D eigenvalue weighted by Gasteiger charge is 2.12. The third-order valence-electron chi connectivity index (χ3n) is 3.38. The molecule has 0 fully saturated rings. The molecule has 2 aromatic carbocycles. The van der Waals surface area contributed by atoms with Gasteiger partial charge in [0.15, 0.2) is 5.58 Å². The summed E-state index contributed by atoms with van der Waals surface area (Å²) < 4.78 is 6.65. The predicted molar refractivity (Wildman–Crippen MR) is 76.7 cm³/mol. The summed E-state index contributed by atoms with van der Waals surface area (Å²) in [5.41, 5.74) is 3.05. The number of nitriles is 1. The number of fused-ring (bicyclic) bond motifs is 1. The van der Waals surface area contributed by atoms with Crippen molar-refractivity contribution in [1.29, 1.82) is 5.26 Å². The van der Waals surface area contributed by atoms with Gasteiger partial charge in [0.25, 0.3) is 0 Å². The van der Waals surface area contributed by atoms with Crippen molar-refractivity contribution in [3.8, 4) is 6.07 Å². The summed E-state index contributed by atoms with van der Waals surface area (Å²) >= 11 is 0. The minimum Gasteiger partial charge on any atom is -0.408 e. The topological polar surface area (TPSA) is 79.2 Å². The van der Waals surface area contributed by atoms with E-state index in [0.29, 0.717) is 22.2 Å². The molecule has 0 atom stereocenters. The molecule has 0 spiro atoms. The highest BCUT2D eigenvalue weighted by molar-refractivity contribution is 5.74. The fourth-order valence-electron chi connectivity index (χ4n) is 2.29. The van der Waals surface area contributed by atoms with E-state index in [0.717, 1.165) is 5.56 Å². The van der Waals surface area contributed by atoms with Gasteiger partial charge in [0.2, 0.25) is 0 Å². The Morgan fingerprint density at radius 3 is 2.81 bits per heavy atom. The van der Waals surface area contributed by atoms with Crippen molar-refractivity contribution in [1.82, 2.24) is 4.57 Å². The maximum atomic E-state index is 12.0. The molecule has 0 radical (unpaired) electrons. The van der Waals surface area contributed by atoms with Gasteiger partial charge in [-0.15, -0.1) is 0 Å². The number of benzene rings is 2. The maximum Gasteiger partial charge on any atom is 0.420 e. The van der Waals surface area contributed by atoms with Crippen LogP contribution in [-0.4, -0.2) is 9.67 Å². The SMILES string of the molecule is N#Cc1ccccc1Cn1c(=O)oc2ccc(CO)cc21. The first-order chi connectivity index (χ1) is 10.2.